The van der Waals surface area contributed by atoms with Gasteiger partial charge in [0.15, 0.2) is 11.2 Å². The lowest BCUT2D eigenvalue weighted by molar-refractivity contribution is -0.135. The summed E-state index contributed by atoms with van der Waals surface area (Å²) in [6, 6.07) is 9.26. The number of methoxy groups -OCH3 is 1. The summed E-state index contributed by atoms with van der Waals surface area (Å²) >= 11 is 0. The van der Waals surface area contributed by atoms with Gasteiger partial charge in [-0.05, 0) is 74.5 Å². The number of nitriles is 1. The second-order valence-corrected chi connectivity index (χ2v) is 11.7. The molecular weight excluding hydrogens is 488 g/mol. The zero-order valence-electron chi connectivity index (χ0n) is 23.9. The van der Waals surface area contributed by atoms with Gasteiger partial charge in [0, 0.05) is 18.4 Å². The van der Waals surface area contributed by atoms with E-state index in [0.29, 0.717) is 34.8 Å². The molecule has 3 aliphatic rings. The Bertz CT molecular complexity index is 1240. The standard InChI is InChI=1S/C33H42N2O4/c1-8-11-24(9-2)29-26(21-35-18-16-31(5,6)17-19-35)30(36)32(37)28(22(4)38-7)27(10-3)39-33(29,32)25-14-12-23(20-34)13-15-25/h8-15,26,29-30,36-37H,1-2,16-19,21H2,3-7H3/b24-11+,27-10+,28-22-/t26-,29?,30-,32?,33?/m1/s1. The fraction of sp³-hybridized carbons (Fsp3) is 0.485. The predicted octanol–water partition coefficient (Wildman–Crippen LogP) is 5.37. The van der Waals surface area contributed by atoms with Crippen LogP contribution >= 0.6 is 0 Å². The van der Waals surface area contributed by atoms with Gasteiger partial charge in [-0.1, -0.05) is 57.4 Å². The van der Waals surface area contributed by atoms with Gasteiger partial charge in [0.25, 0.3) is 0 Å². The van der Waals surface area contributed by atoms with Crippen LogP contribution in [0.2, 0.25) is 0 Å². The topological polar surface area (TPSA) is 86.0 Å². The molecule has 2 aliphatic heterocycles. The number of ether oxygens (including phenoxy) is 2. The zero-order chi connectivity index (χ0) is 28.6. The molecule has 0 bridgehead atoms. The Morgan fingerprint density at radius 2 is 1.87 bits per heavy atom. The average molecular weight is 531 g/mol. The summed E-state index contributed by atoms with van der Waals surface area (Å²) in [7, 11) is 1.55. The van der Waals surface area contributed by atoms with Crippen molar-refractivity contribution in [3.63, 3.8) is 0 Å². The molecule has 0 amide bonds. The third-order valence-corrected chi connectivity index (χ3v) is 9.11. The molecule has 1 saturated carbocycles. The van der Waals surface area contributed by atoms with E-state index in [1.165, 1.54) is 0 Å². The van der Waals surface area contributed by atoms with Crippen molar-refractivity contribution in [2.45, 2.75) is 57.8 Å². The highest BCUT2D eigenvalue weighted by molar-refractivity contribution is 5.56. The lowest BCUT2D eigenvalue weighted by atomic mass is 9.70. The van der Waals surface area contributed by atoms with Crippen LogP contribution < -0.4 is 0 Å². The van der Waals surface area contributed by atoms with Gasteiger partial charge in [-0.15, -0.1) is 0 Å². The SMILES string of the molecule is C=C/C=C(\C=C)C1[C@@H](CN2CCC(C)(C)CC2)[C@@H](O)C2(O)C(=C(/C)OC)/C(=C\C)OC12c1ccc(C#N)cc1. The summed E-state index contributed by atoms with van der Waals surface area (Å²) in [4.78, 5) is 2.39. The first kappa shape index (κ1) is 28.9. The molecule has 0 aromatic heterocycles. The number of nitrogens with zero attached hydrogens (tertiary/aromatic N) is 2. The first-order chi connectivity index (χ1) is 18.5. The van der Waals surface area contributed by atoms with Crippen LogP contribution in [-0.2, 0) is 15.1 Å². The average Bonchev–Trinajstić information content (AvgIpc) is 3.30. The molecule has 208 valence electrons. The number of aliphatic hydroxyl groups is 2. The van der Waals surface area contributed by atoms with E-state index < -0.39 is 29.1 Å². The van der Waals surface area contributed by atoms with Gasteiger partial charge in [-0.3, -0.25) is 0 Å². The van der Waals surface area contributed by atoms with Gasteiger partial charge in [0.1, 0.15) is 11.5 Å². The van der Waals surface area contributed by atoms with Crippen LogP contribution in [0, 0.1) is 28.6 Å². The molecule has 5 atom stereocenters. The number of allylic oxidation sites excluding steroid dienone is 5. The highest BCUT2D eigenvalue weighted by Gasteiger charge is 2.77. The molecule has 3 unspecified atom stereocenters. The van der Waals surface area contributed by atoms with Crippen molar-refractivity contribution < 1.29 is 19.7 Å². The van der Waals surface area contributed by atoms with Crippen molar-refractivity contribution in [3.05, 3.63) is 95.5 Å². The second kappa shape index (κ2) is 10.8. The van der Waals surface area contributed by atoms with E-state index in [1.54, 1.807) is 44.4 Å². The smallest absolute Gasteiger partial charge is 0.177 e. The number of likely N-dealkylation sites (tertiary alicyclic amines) is 1. The Balaban J connectivity index is 2.00. The molecule has 1 aromatic rings. The number of fused-ring (bicyclic) bond motifs is 1. The Morgan fingerprint density at radius 3 is 2.38 bits per heavy atom. The monoisotopic (exact) mass is 530 g/mol. The normalized spacial score (nSPS) is 34.7. The number of hydrogen-bond donors (Lipinski definition) is 2. The highest BCUT2D eigenvalue weighted by atomic mass is 16.5. The minimum atomic E-state index is -1.84. The predicted molar refractivity (Wildman–Crippen MR) is 153 cm³/mol. The second-order valence-electron chi connectivity index (χ2n) is 11.7. The number of hydrogen-bond acceptors (Lipinski definition) is 6. The van der Waals surface area contributed by atoms with Crippen molar-refractivity contribution in [2.75, 3.05) is 26.7 Å². The fourth-order valence-electron chi connectivity index (χ4n) is 6.90. The minimum absolute atomic E-state index is 0.285. The zero-order valence-corrected chi connectivity index (χ0v) is 23.9. The van der Waals surface area contributed by atoms with Crippen LogP contribution in [0.25, 0.3) is 0 Å². The summed E-state index contributed by atoms with van der Waals surface area (Å²) < 4.78 is 12.5. The largest absolute Gasteiger partial charge is 0.501 e. The molecule has 6 nitrogen and oxygen atoms in total. The van der Waals surface area contributed by atoms with Crippen molar-refractivity contribution in [1.29, 1.82) is 5.26 Å². The first-order valence-electron chi connectivity index (χ1n) is 13.7. The molecule has 2 N–H and O–H groups in total. The van der Waals surface area contributed by atoms with E-state index in [9.17, 15) is 15.5 Å². The van der Waals surface area contributed by atoms with Crippen molar-refractivity contribution in [2.24, 2.45) is 17.3 Å². The minimum Gasteiger partial charge on any atom is -0.501 e. The van der Waals surface area contributed by atoms with E-state index in [-0.39, 0.29) is 5.41 Å². The van der Waals surface area contributed by atoms with E-state index >= 15 is 0 Å². The first-order valence-corrected chi connectivity index (χ1v) is 13.7. The van der Waals surface area contributed by atoms with Gasteiger partial charge in [0.05, 0.1) is 30.4 Å². The van der Waals surface area contributed by atoms with Crippen molar-refractivity contribution in [3.8, 4) is 6.07 Å². The van der Waals surface area contributed by atoms with Crippen LogP contribution in [0.15, 0.2) is 84.4 Å². The lowest BCUT2D eigenvalue weighted by Gasteiger charge is -2.41. The summed E-state index contributed by atoms with van der Waals surface area (Å²) in [5.74, 6) is 0.0692. The summed E-state index contributed by atoms with van der Waals surface area (Å²) in [6.45, 7) is 18.7. The van der Waals surface area contributed by atoms with E-state index in [4.69, 9.17) is 9.47 Å². The Labute approximate surface area is 233 Å². The van der Waals surface area contributed by atoms with Crippen LogP contribution in [0.5, 0.6) is 0 Å². The number of benzene rings is 1. The van der Waals surface area contributed by atoms with Crippen LogP contribution in [0.3, 0.4) is 0 Å². The van der Waals surface area contributed by atoms with E-state index in [2.05, 4.69) is 38.0 Å². The molecule has 4 rings (SSSR count). The third kappa shape index (κ3) is 4.47. The van der Waals surface area contributed by atoms with Gasteiger partial charge >= 0.3 is 0 Å². The Morgan fingerprint density at radius 1 is 1.23 bits per heavy atom. The summed E-state index contributed by atoms with van der Waals surface area (Å²) in [5, 5.41) is 34.7. The third-order valence-electron chi connectivity index (χ3n) is 9.11. The lowest BCUT2D eigenvalue weighted by Crippen LogP contribution is -2.54. The van der Waals surface area contributed by atoms with Crippen LogP contribution in [0.1, 0.15) is 51.7 Å². The van der Waals surface area contributed by atoms with E-state index in [1.807, 2.05) is 25.1 Å². The number of aliphatic hydroxyl groups excluding tert-OH is 1. The Kier molecular flexibility index (Phi) is 8.01. The van der Waals surface area contributed by atoms with Gasteiger partial charge in [-0.2, -0.15) is 5.26 Å². The quantitative estimate of drug-likeness (QED) is 0.364. The van der Waals surface area contributed by atoms with Gasteiger partial charge in [0.2, 0.25) is 0 Å². The summed E-state index contributed by atoms with van der Waals surface area (Å²) in [6.07, 6.45) is 8.11. The molecule has 1 aromatic carbocycles. The molecule has 2 saturated heterocycles. The molecule has 3 fully saturated rings. The molecule has 0 spiro atoms. The molecule has 39 heavy (non-hydrogen) atoms. The van der Waals surface area contributed by atoms with Gasteiger partial charge in [-0.25, -0.2) is 0 Å². The molecule has 6 heteroatoms. The van der Waals surface area contributed by atoms with E-state index in [0.717, 1.165) is 31.5 Å². The van der Waals surface area contributed by atoms with Crippen molar-refractivity contribution in [1.82, 2.24) is 4.90 Å². The van der Waals surface area contributed by atoms with Crippen molar-refractivity contribution >= 4 is 0 Å². The molecule has 1 aliphatic carbocycles. The fourth-order valence-corrected chi connectivity index (χ4v) is 6.90. The number of piperidine rings is 1. The van der Waals surface area contributed by atoms with Gasteiger partial charge < -0.3 is 24.6 Å². The Hall–Kier alpha value is -3.11. The molecule has 0 radical (unpaired) electrons. The number of rotatable bonds is 7. The highest BCUT2D eigenvalue weighted by Crippen LogP contribution is 2.67. The maximum Gasteiger partial charge on any atom is 0.177 e. The maximum atomic E-state index is 12.9. The summed E-state index contributed by atoms with van der Waals surface area (Å²) in [5.41, 5.74) is -0.522. The molecule has 2 heterocycles. The maximum absolute atomic E-state index is 12.9. The van der Waals surface area contributed by atoms with Crippen LogP contribution in [-0.4, -0.2) is 53.6 Å². The van der Waals surface area contributed by atoms with Crippen LogP contribution in [0.4, 0.5) is 0 Å². The molecular formula is C33H42N2O4.